The average Bonchev–Trinajstić information content (AvgIpc) is 2.88. The molecule has 1 aliphatic heterocycles. The number of benzene rings is 1. The molecule has 0 amide bonds. The molecule has 23 heavy (non-hydrogen) atoms. The highest BCUT2D eigenvalue weighted by molar-refractivity contribution is 7.89. The first-order chi connectivity index (χ1) is 10.9. The molecule has 0 spiro atoms. The minimum absolute atomic E-state index is 0.0418. The van der Waals surface area contributed by atoms with E-state index in [1.165, 1.54) is 4.31 Å². The van der Waals surface area contributed by atoms with Crippen LogP contribution < -0.4 is 0 Å². The predicted octanol–water partition coefficient (Wildman–Crippen LogP) is 1.97. The second kappa shape index (κ2) is 6.07. The fourth-order valence-electron chi connectivity index (χ4n) is 3.07. The molecule has 1 saturated heterocycles. The molecule has 1 aliphatic rings. The molecule has 1 aromatic carbocycles. The van der Waals surface area contributed by atoms with Crippen LogP contribution in [-0.2, 0) is 10.0 Å². The van der Waals surface area contributed by atoms with E-state index in [0.29, 0.717) is 31.1 Å². The lowest BCUT2D eigenvalue weighted by Crippen LogP contribution is -2.49. The lowest BCUT2D eigenvalue weighted by molar-refractivity contribution is 0.148. The largest absolute Gasteiger partial charge is 0.360 e. The summed E-state index contributed by atoms with van der Waals surface area (Å²) in [5.41, 5.74) is 1.53. The van der Waals surface area contributed by atoms with Crippen molar-refractivity contribution in [1.29, 1.82) is 0 Å². The molecule has 124 valence electrons. The van der Waals surface area contributed by atoms with E-state index in [9.17, 15) is 8.42 Å². The molecule has 1 aromatic heterocycles. The minimum atomic E-state index is -3.59. The Morgan fingerprint density at radius 2 is 1.87 bits per heavy atom. The standard InChI is InChI=1S/C16H21N3O3S/c1-12-16(13(2)22-17-12)23(20,21)19-10-9-18(3)15(11-19)14-7-5-4-6-8-14/h4-8,15H,9-11H2,1-3H3/t15-/m1/s1. The number of hydrogen-bond donors (Lipinski definition) is 0. The van der Waals surface area contributed by atoms with Gasteiger partial charge in [-0.1, -0.05) is 35.5 Å². The van der Waals surface area contributed by atoms with E-state index < -0.39 is 10.0 Å². The van der Waals surface area contributed by atoms with Crippen LogP contribution in [0, 0.1) is 13.8 Å². The highest BCUT2D eigenvalue weighted by Crippen LogP contribution is 2.29. The van der Waals surface area contributed by atoms with E-state index in [2.05, 4.69) is 10.1 Å². The van der Waals surface area contributed by atoms with Crippen LogP contribution in [0.3, 0.4) is 0 Å². The smallest absolute Gasteiger partial charge is 0.248 e. The van der Waals surface area contributed by atoms with Crippen molar-refractivity contribution in [1.82, 2.24) is 14.4 Å². The first-order valence-corrected chi connectivity index (χ1v) is 9.03. The van der Waals surface area contributed by atoms with E-state index in [0.717, 1.165) is 5.56 Å². The monoisotopic (exact) mass is 335 g/mol. The highest BCUT2D eigenvalue weighted by atomic mass is 32.2. The molecule has 0 saturated carbocycles. The number of hydrogen-bond acceptors (Lipinski definition) is 5. The zero-order valence-electron chi connectivity index (χ0n) is 13.6. The number of sulfonamides is 1. The third-order valence-corrected chi connectivity index (χ3v) is 6.47. The summed E-state index contributed by atoms with van der Waals surface area (Å²) in [6, 6.07) is 10.0. The SMILES string of the molecule is Cc1noc(C)c1S(=O)(=O)N1CCN(C)[C@@H](c2ccccc2)C1. The normalized spacial score (nSPS) is 20.7. The van der Waals surface area contributed by atoms with Crippen LogP contribution in [-0.4, -0.2) is 49.5 Å². The molecule has 0 unspecified atom stereocenters. The van der Waals surface area contributed by atoms with Crippen molar-refractivity contribution < 1.29 is 12.9 Å². The van der Waals surface area contributed by atoms with Crippen molar-refractivity contribution >= 4 is 10.0 Å². The van der Waals surface area contributed by atoms with Crippen LogP contribution in [0.4, 0.5) is 0 Å². The van der Waals surface area contributed by atoms with Crippen LogP contribution in [0.2, 0.25) is 0 Å². The molecule has 2 heterocycles. The van der Waals surface area contributed by atoms with Gasteiger partial charge < -0.3 is 4.52 Å². The van der Waals surface area contributed by atoms with Gasteiger partial charge in [-0.05, 0) is 26.5 Å². The van der Waals surface area contributed by atoms with Crippen LogP contribution in [0.5, 0.6) is 0 Å². The van der Waals surface area contributed by atoms with E-state index >= 15 is 0 Å². The van der Waals surface area contributed by atoms with Crippen molar-refractivity contribution in [2.24, 2.45) is 0 Å². The van der Waals surface area contributed by atoms with Gasteiger partial charge in [0, 0.05) is 25.7 Å². The molecule has 0 aliphatic carbocycles. The van der Waals surface area contributed by atoms with Crippen molar-refractivity contribution in [3.8, 4) is 0 Å². The lowest BCUT2D eigenvalue weighted by Gasteiger charge is -2.38. The van der Waals surface area contributed by atoms with Crippen LogP contribution in [0.15, 0.2) is 39.8 Å². The molecule has 7 heteroatoms. The molecular formula is C16H21N3O3S. The number of nitrogens with zero attached hydrogens (tertiary/aromatic N) is 3. The summed E-state index contributed by atoms with van der Waals surface area (Å²) >= 11 is 0. The first kappa shape index (κ1) is 16.2. The van der Waals surface area contributed by atoms with Gasteiger partial charge in [-0.15, -0.1) is 0 Å². The molecule has 0 radical (unpaired) electrons. The molecule has 1 atom stereocenters. The fourth-order valence-corrected chi connectivity index (χ4v) is 4.80. The zero-order valence-corrected chi connectivity index (χ0v) is 14.4. The Labute approximate surface area is 136 Å². The Bertz CT molecular complexity index is 767. The molecule has 0 bridgehead atoms. The van der Waals surface area contributed by atoms with Gasteiger partial charge in [0.25, 0.3) is 0 Å². The Morgan fingerprint density at radius 1 is 1.17 bits per heavy atom. The highest BCUT2D eigenvalue weighted by Gasteiger charge is 2.36. The van der Waals surface area contributed by atoms with E-state index in [1.54, 1.807) is 13.8 Å². The van der Waals surface area contributed by atoms with Crippen molar-refractivity contribution in [3.05, 3.63) is 47.3 Å². The summed E-state index contributed by atoms with van der Waals surface area (Å²) in [5.74, 6) is 0.345. The first-order valence-electron chi connectivity index (χ1n) is 7.59. The maximum absolute atomic E-state index is 13.0. The van der Waals surface area contributed by atoms with Gasteiger partial charge in [0.2, 0.25) is 10.0 Å². The van der Waals surface area contributed by atoms with Crippen LogP contribution >= 0.6 is 0 Å². The number of piperazine rings is 1. The number of aryl methyl sites for hydroxylation is 2. The van der Waals surface area contributed by atoms with E-state index in [-0.39, 0.29) is 10.9 Å². The molecule has 1 fully saturated rings. The quantitative estimate of drug-likeness (QED) is 0.858. The second-order valence-corrected chi connectivity index (χ2v) is 7.80. The van der Waals surface area contributed by atoms with E-state index in [1.807, 2.05) is 37.4 Å². The maximum atomic E-state index is 13.0. The summed E-state index contributed by atoms with van der Waals surface area (Å²) in [7, 11) is -1.57. The maximum Gasteiger partial charge on any atom is 0.248 e. The van der Waals surface area contributed by atoms with Gasteiger partial charge in [0.15, 0.2) is 5.76 Å². The van der Waals surface area contributed by atoms with Crippen LogP contribution in [0.1, 0.15) is 23.1 Å². The van der Waals surface area contributed by atoms with Gasteiger partial charge in [-0.25, -0.2) is 8.42 Å². The van der Waals surface area contributed by atoms with Crippen LogP contribution in [0.25, 0.3) is 0 Å². The molecule has 2 aromatic rings. The van der Waals surface area contributed by atoms with Crippen molar-refractivity contribution in [2.45, 2.75) is 24.8 Å². The van der Waals surface area contributed by atoms with Gasteiger partial charge in [-0.3, -0.25) is 4.90 Å². The number of aromatic nitrogens is 1. The summed E-state index contributed by atoms with van der Waals surface area (Å²) in [6.45, 7) is 4.87. The number of likely N-dealkylation sites (N-methyl/N-ethyl adjacent to an activating group) is 1. The van der Waals surface area contributed by atoms with Crippen molar-refractivity contribution in [3.63, 3.8) is 0 Å². The third kappa shape index (κ3) is 2.91. The molecular weight excluding hydrogens is 314 g/mol. The Morgan fingerprint density at radius 3 is 2.48 bits per heavy atom. The van der Waals surface area contributed by atoms with Gasteiger partial charge in [-0.2, -0.15) is 4.31 Å². The Balaban J connectivity index is 1.92. The fraction of sp³-hybridized carbons (Fsp3) is 0.438. The molecule has 3 rings (SSSR count). The molecule has 6 nitrogen and oxygen atoms in total. The minimum Gasteiger partial charge on any atom is -0.360 e. The Kier molecular flexibility index (Phi) is 4.27. The number of rotatable bonds is 3. The summed E-state index contributed by atoms with van der Waals surface area (Å²) in [4.78, 5) is 2.39. The second-order valence-electron chi connectivity index (χ2n) is 5.92. The van der Waals surface area contributed by atoms with E-state index in [4.69, 9.17) is 4.52 Å². The summed E-state index contributed by atoms with van der Waals surface area (Å²) < 4.78 is 32.5. The van der Waals surface area contributed by atoms with Crippen molar-refractivity contribution in [2.75, 3.05) is 26.7 Å². The van der Waals surface area contributed by atoms with Gasteiger partial charge >= 0.3 is 0 Å². The predicted molar refractivity (Wildman–Crippen MR) is 86.5 cm³/mol. The Hall–Kier alpha value is -1.70. The van der Waals surface area contributed by atoms with Gasteiger partial charge in [0.1, 0.15) is 10.6 Å². The average molecular weight is 335 g/mol. The lowest BCUT2D eigenvalue weighted by atomic mass is 10.0. The third-order valence-electron chi connectivity index (χ3n) is 4.36. The van der Waals surface area contributed by atoms with Gasteiger partial charge in [0.05, 0.1) is 0 Å². The summed E-state index contributed by atoms with van der Waals surface area (Å²) in [6.07, 6.45) is 0. The molecule has 0 N–H and O–H groups in total. The summed E-state index contributed by atoms with van der Waals surface area (Å²) in [5, 5.41) is 3.78. The zero-order chi connectivity index (χ0) is 16.6. The topological polar surface area (TPSA) is 66.7 Å².